The number of ether oxygens (including phenoxy) is 1. The minimum absolute atomic E-state index is 0.110. The predicted octanol–water partition coefficient (Wildman–Crippen LogP) is -0.0547. The zero-order chi connectivity index (χ0) is 20.4. The first-order valence-corrected chi connectivity index (χ1v) is 8.67. The SMILES string of the molecule is [2H]C1([2H])N[C@]([2H])(C(=O)OCCC(N)=O)C[C@H]2C[C@@H](CCc3nn[nH]n3)CC[C@H]21. The van der Waals surface area contributed by atoms with Gasteiger partial charge in [0, 0.05) is 9.16 Å². The van der Waals surface area contributed by atoms with E-state index in [9.17, 15) is 9.59 Å². The molecule has 9 nitrogen and oxygen atoms in total. The summed E-state index contributed by atoms with van der Waals surface area (Å²) in [4.78, 5) is 23.2. The number of nitrogens with zero attached hydrogens (tertiary/aromatic N) is 3. The monoisotopic (exact) mass is 353 g/mol. The van der Waals surface area contributed by atoms with Crippen molar-refractivity contribution in [2.45, 2.75) is 51.0 Å². The fourth-order valence-corrected chi connectivity index (χ4v) is 3.62. The zero-order valence-electron chi connectivity index (χ0n) is 17.0. The maximum Gasteiger partial charge on any atom is 0.323 e. The second-order valence-corrected chi connectivity index (χ2v) is 6.72. The van der Waals surface area contributed by atoms with Crippen molar-refractivity contribution in [1.29, 1.82) is 0 Å². The van der Waals surface area contributed by atoms with Gasteiger partial charge in [-0.15, -0.1) is 10.2 Å². The second kappa shape index (κ2) is 8.37. The van der Waals surface area contributed by atoms with E-state index in [1.54, 1.807) is 0 Å². The molecule has 0 radical (unpaired) electrons. The molecule has 1 saturated heterocycles. The molecule has 138 valence electrons. The molecular weight excluding hydrogens is 324 g/mol. The van der Waals surface area contributed by atoms with Crippen LogP contribution in [0.1, 0.15) is 48.5 Å². The topological polar surface area (TPSA) is 136 Å². The van der Waals surface area contributed by atoms with E-state index in [-0.39, 0.29) is 31.3 Å². The van der Waals surface area contributed by atoms with E-state index in [1.807, 2.05) is 0 Å². The average Bonchev–Trinajstić information content (AvgIpc) is 3.12. The van der Waals surface area contributed by atoms with Crippen LogP contribution >= 0.6 is 0 Å². The van der Waals surface area contributed by atoms with Crippen LogP contribution in [0, 0.1) is 17.8 Å². The molecule has 1 aliphatic carbocycles. The molecule has 1 aromatic heterocycles. The van der Waals surface area contributed by atoms with Crippen molar-refractivity contribution < 1.29 is 18.4 Å². The summed E-state index contributed by atoms with van der Waals surface area (Å²) in [5.74, 6) is -0.841. The number of H-pyrrole nitrogens is 1. The van der Waals surface area contributed by atoms with E-state index in [1.165, 1.54) is 0 Å². The van der Waals surface area contributed by atoms with Crippen molar-refractivity contribution in [3.05, 3.63) is 5.82 Å². The number of nitrogens with two attached hydrogens (primary N) is 1. The number of aryl methyl sites for hydroxylation is 1. The maximum absolute atomic E-state index is 12.4. The lowest BCUT2D eigenvalue weighted by Gasteiger charge is -2.42. The van der Waals surface area contributed by atoms with E-state index in [2.05, 4.69) is 25.9 Å². The summed E-state index contributed by atoms with van der Waals surface area (Å²) in [6.45, 7) is -2.05. The highest BCUT2D eigenvalue weighted by atomic mass is 16.5. The number of fused-ring (bicyclic) bond motifs is 1. The van der Waals surface area contributed by atoms with Gasteiger partial charge in [0.15, 0.2) is 5.82 Å². The molecule has 2 fully saturated rings. The molecule has 25 heavy (non-hydrogen) atoms. The molecule has 3 rings (SSSR count). The second-order valence-electron chi connectivity index (χ2n) is 6.72. The van der Waals surface area contributed by atoms with Gasteiger partial charge in [0.1, 0.15) is 12.6 Å². The van der Waals surface area contributed by atoms with Crippen LogP contribution in [-0.4, -0.2) is 51.6 Å². The third-order valence-electron chi connectivity index (χ3n) is 4.96. The largest absolute Gasteiger partial charge is 0.464 e. The van der Waals surface area contributed by atoms with Crippen LogP contribution in [0.15, 0.2) is 0 Å². The maximum atomic E-state index is 12.4. The number of carbonyl (C=O) groups excluding carboxylic acids is 2. The molecule has 2 aliphatic rings. The van der Waals surface area contributed by atoms with Crippen LogP contribution < -0.4 is 11.1 Å². The molecule has 1 saturated carbocycles. The van der Waals surface area contributed by atoms with Crippen molar-refractivity contribution in [1.82, 2.24) is 25.9 Å². The number of esters is 1. The molecule has 1 amide bonds. The number of carbonyl (C=O) groups is 2. The van der Waals surface area contributed by atoms with Gasteiger partial charge in [0.2, 0.25) is 5.91 Å². The standard InChI is InChI=1S/C16H26N6O3/c17-14(23)5-6-25-16(24)13-8-12-7-10(1-3-11(12)9-18-13)2-4-15-19-21-22-20-15/h10-13,18H,1-9H2,(H2,17,23)(H,19,20,21,22)/t10-,11+,12-,13+/m1/s1/i9D2,13D. The summed E-state index contributed by atoms with van der Waals surface area (Å²) in [6.07, 6.45) is 3.89. The molecule has 0 spiro atoms. The van der Waals surface area contributed by atoms with E-state index >= 15 is 0 Å². The summed E-state index contributed by atoms with van der Waals surface area (Å²) < 4.78 is 30.2. The Hall–Kier alpha value is -2.03. The third kappa shape index (κ3) is 4.97. The molecule has 1 aromatic rings. The van der Waals surface area contributed by atoms with E-state index in [4.69, 9.17) is 14.6 Å². The van der Waals surface area contributed by atoms with Gasteiger partial charge in [0.25, 0.3) is 0 Å². The Morgan fingerprint density at radius 3 is 3.00 bits per heavy atom. The Morgan fingerprint density at radius 2 is 2.24 bits per heavy atom. The van der Waals surface area contributed by atoms with E-state index in [0.717, 1.165) is 19.3 Å². The molecule has 2 heterocycles. The minimum atomic E-state index is -1.88. The number of nitrogens with one attached hydrogen (secondary N) is 2. The van der Waals surface area contributed by atoms with Crippen LogP contribution in [0.2, 0.25) is 0 Å². The zero-order valence-corrected chi connectivity index (χ0v) is 14.0. The number of hydrogen-bond donors (Lipinski definition) is 3. The minimum Gasteiger partial charge on any atom is -0.464 e. The van der Waals surface area contributed by atoms with E-state index < -0.39 is 24.4 Å². The number of rotatable bonds is 7. The van der Waals surface area contributed by atoms with Gasteiger partial charge < -0.3 is 15.8 Å². The van der Waals surface area contributed by atoms with Crippen molar-refractivity contribution in [3.8, 4) is 0 Å². The highest BCUT2D eigenvalue weighted by molar-refractivity contribution is 5.77. The summed E-state index contributed by atoms with van der Waals surface area (Å²) in [5.41, 5.74) is 5.03. The molecule has 0 bridgehead atoms. The Labute approximate surface area is 150 Å². The van der Waals surface area contributed by atoms with Crippen LogP contribution in [-0.2, 0) is 20.7 Å². The average molecular weight is 353 g/mol. The third-order valence-corrected chi connectivity index (χ3v) is 4.96. The first-order valence-electron chi connectivity index (χ1n) is 10.2. The van der Waals surface area contributed by atoms with Crippen LogP contribution in [0.5, 0.6) is 0 Å². The van der Waals surface area contributed by atoms with Crippen molar-refractivity contribution in [3.63, 3.8) is 0 Å². The number of hydrogen-bond acceptors (Lipinski definition) is 7. The van der Waals surface area contributed by atoms with Crippen molar-refractivity contribution >= 4 is 11.9 Å². The normalized spacial score (nSPS) is 35.7. The number of piperidine rings is 1. The van der Waals surface area contributed by atoms with Gasteiger partial charge in [-0.05, 0) is 49.9 Å². The van der Waals surface area contributed by atoms with Gasteiger partial charge in [-0.2, -0.15) is 5.21 Å². The van der Waals surface area contributed by atoms with Crippen molar-refractivity contribution in [2.75, 3.05) is 13.1 Å². The molecular formula is C16H26N6O3. The first kappa shape index (κ1) is 14.2. The van der Waals surface area contributed by atoms with Gasteiger partial charge >= 0.3 is 5.97 Å². The van der Waals surface area contributed by atoms with Crippen molar-refractivity contribution in [2.24, 2.45) is 23.5 Å². The summed E-state index contributed by atoms with van der Waals surface area (Å²) >= 11 is 0. The highest BCUT2D eigenvalue weighted by Gasteiger charge is 2.38. The smallest absolute Gasteiger partial charge is 0.323 e. The van der Waals surface area contributed by atoms with Crippen LogP contribution in [0.3, 0.4) is 0 Å². The fraction of sp³-hybridized carbons (Fsp3) is 0.812. The number of primary amides is 1. The van der Waals surface area contributed by atoms with Gasteiger partial charge in [0.05, 0.1) is 7.79 Å². The summed E-state index contributed by atoms with van der Waals surface area (Å²) in [7, 11) is 0. The Balaban J connectivity index is 1.62. The molecule has 0 unspecified atom stereocenters. The highest BCUT2D eigenvalue weighted by Crippen LogP contribution is 2.40. The molecule has 0 aromatic carbocycles. The van der Waals surface area contributed by atoms with Crippen LogP contribution in [0.25, 0.3) is 0 Å². The first-order chi connectivity index (χ1) is 13.2. The Bertz CT molecular complexity index is 704. The number of tetrazole rings is 1. The fourth-order valence-electron chi connectivity index (χ4n) is 3.62. The molecule has 9 heteroatoms. The predicted molar refractivity (Wildman–Crippen MR) is 88.0 cm³/mol. The number of aromatic nitrogens is 4. The number of aromatic amines is 1. The van der Waals surface area contributed by atoms with Gasteiger partial charge in [-0.25, -0.2) is 0 Å². The lowest BCUT2D eigenvalue weighted by atomic mass is 9.69. The summed E-state index contributed by atoms with van der Waals surface area (Å²) in [6, 6.07) is -1.88. The van der Waals surface area contributed by atoms with Gasteiger partial charge in [-0.1, -0.05) is 11.6 Å². The number of amides is 1. The Morgan fingerprint density at radius 1 is 1.36 bits per heavy atom. The Kier molecular flexibility index (Phi) is 4.75. The van der Waals surface area contributed by atoms with Crippen LogP contribution in [0.4, 0.5) is 0 Å². The quantitative estimate of drug-likeness (QED) is 0.584. The lowest BCUT2D eigenvalue weighted by Crippen LogP contribution is -2.50. The molecule has 1 aliphatic heterocycles. The summed E-state index contributed by atoms with van der Waals surface area (Å²) in [5, 5.41) is 16.4. The molecule has 4 atom stereocenters. The lowest BCUT2D eigenvalue weighted by molar-refractivity contribution is -0.148. The molecule has 4 N–H and O–H groups in total. The van der Waals surface area contributed by atoms with E-state index in [0.29, 0.717) is 24.6 Å². The van der Waals surface area contributed by atoms with Gasteiger partial charge in [-0.3, -0.25) is 9.59 Å².